The number of rotatable bonds is 9. The first-order valence-corrected chi connectivity index (χ1v) is 11.0. The lowest BCUT2D eigenvalue weighted by Crippen LogP contribution is -2.52. The number of alkyl carbamates (subject to hydrolysis) is 1. The standard InChI is InChI=1S/C25H29N5O4/c1-18(20-11-7-4-8-12-20)14-27-24(32)30(2)23(31)22(13-21-15-26-17-28-21)29-25(33)34-16-19-9-5-3-6-10-19/h3-12,15,17-18,22H,13-14,16H2,1-2H3,(H,26,28)(H,27,32)(H,29,33). The van der Waals surface area contributed by atoms with Gasteiger partial charge in [-0.1, -0.05) is 67.6 Å². The van der Waals surface area contributed by atoms with Gasteiger partial charge in [-0.2, -0.15) is 0 Å². The number of carbonyl (C=O) groups excluding carboxylic acids is 3. The Morgan fingerprint density at radius 1 is 1.06 bits per heavy atom. The minimum absolute atomic E-state index is 0.0609. The van der Waals surface area contributed by atoms with Gasteiger partial charge >= 0.3 is 12.1 Å². The summed E-state index contributed by atoms with van der Waals surface area (Å²) in [6.45, 7) is 2.41. The van der Waals surface area contributed by atoms with Crippen LogP contribution >= 0.6 is 0 Å². The first-order chi connectivity index (χ1) is 16.4. The van der Waals surface area contributed by atoms with Crippen molar-refractivity contribution in [2.24, 2.45) is 0 Å². The molecular weight excluding hydrogens is 434 g/mol. The maximum absolute atomic E-state index is 13.1. The Morgan fingerprint density at radius 2 is 1.74 bits per heavy atom. The summed E-state index contributed by atoms with van der Waals surface area (Å²) in [5.74, 6) is -0.503. The van der Waals surface area contributed by atoms with Crippen LogP contribution in [0.5, 0.6) is 0 Å². The van der Waals surface area contributed by atoms with Crippen LogP contribution in [-0.2, 0) is 22.6 Å². The zero-order valence-corrected chi connectivity index (χ0v) is 19.2. The number of amides is 4. The van der Waals surface area contributed by atoms with Gasteiger partial charge in [0.15, 0.2) is 0 Å². The number of imide groups is 1. The second-order valence-electron chi connectivity index (χ2n) is 7.93. The molecule has 2 unspecified atom stereocenters. The fourth-order valence-corrected chi connectivity index (χ4v) is 3.32. The van der Waals surface area contributed by atoms with Crippen LogP contribution in [-0.4, -0.2) is 52.5 Å². The van der Waals surface area contributed by atoms with Gasteiger partial charge in [0.2, 0.25) is 0 Å². The molecule has 2 aromatic carbocycles. The van der Waals surface area contributed by atoms with E-state index in [1.165, 1.54) is 13.4 Å². The summed E-state index contributed by atoms with van der Waals surface area (Å²) in [5.41, 5.74) is 2.53. The molecule has 0 saturated carbocycles. The van der Waals surface area contributed by atoms with E-state index in [1.807, 2.05) is 67.6 Å². The lowest BCUT2D eigenvalue weighted by Gasteiger charge is -2.24. The molecule has 178 valence electrons. The van der Waals surface area contributed by atoms with Crippen LogP contribution in [0.15, 0.2) is 73.2 Å². The van der Waals surface area contributed by atoms with Crippen molar-refractivity contribution in [3.8, 4) is 0 Å². The Hall–Kier alpha value is -4.14. The maximum Gasteiger partial charge on any atom is 0.408 e. The van der Waals surface area contributed by atoms with Gasteiger partial charge in [-0.15, -0.1) is 0 Å². The van der Waals surface area contributed by atoms with Crippen molar-refractivity contribution in [1.82, 2.24) is 25.5 Å². The minimum Gasteiger partial charge on any atom is -0.445 e. The van der Waals surface area contributed by atoms with Crippen molar-refractivity contribution in [3.63, 3.8) is 0 Å². The summed E-state index contributed by atoms with van der Waals surface area (Å²) < 4.78 is 5.25. The fraction of sp³-hybridized carbons (Fsp3) is 0.280. The highest BCUT2D eigenvalue weighted by molar-refractivity contribution is 5.98. The SMILES string of the molecule is CC(CNC(=O)N(C)C(=O)C(Cc1cnc[nH]1)NC(=O)OCc1ccccc1)c1ccccc1. The molecule has 1 heterocycles. The normalized spacial score (nSPS) is 12.3. The number of aromatic amines is 1. The molecule has 0 fully saturated rings. The summed E-state index contributed by atoms with van der Waals surface area (Å²) in [5, 5.41) is 5.35. The van der Waals surface area contributed by atoms with E-state index in [4.69, 9.17) is 4.74 Å². The lowest BCUT2D eigenvalue weighted by atomic mass is 10.0. The molecular formula is C25H29N5O4. The van der Waals surface area contributed by atoms with Crippen molar-refractivity contribution in [3.05, 3.63) is 90.0 Å². The van der Waals surface area contributed by atoms with Crippen LogP contribution in [0.2, 0.25) is 0 Å². The Bertz CT molecular complexity index is 1060. The summed E-state index contributed by atoms with van der Waals surface area (Å²) in [6.07, 6.45) is 2.40. The van der Waals surface area contributed by atoms with Crippen molar-refractivity contribution in [2.75, 3.05) is 13.6 Å². The summed E-state index contributed by atoms with van der Waals surface area (Å²) in [7, 11) is 1.38. The molecule has 0 aliphatic carbocycles. The zero-order valence-electron chi connectivity index (χ0n) is 19.2. The Balaban J connectivity index is 1.59. The zero-order chi connectivity index (χ0) is 24.3. The third-order valence-corrected chi connectivity index (χ3v) is 5.35. The Morgan fingerprint density at radius 3 is 2.38 bits per heavy atom. The number of ether oxygens (including phenoxy) is 1. The molecule has 0 bridgehead atoms. The van der Waals surface area contributed by atoms with Gasteiger partial charge in [0.25, 0.3) is 5.91 Å². The highest BCUT2D eigenvalue weighted by Gasteiger charge is 2.29. The summed E-state index contributed by atoms with van der Waals surface area (Å²) >= 11 is 0. The van der Waals surface area contributed by atoms with Gasteiger partial charge in [0.1, 0.15) is 12.6 Å². The van der Waals surface area contributed by atoms with Crippen LogP contribution in [0.1, 0.15) is 29.7 Å². The van der Waals surface area contributed by atoms with E-state index < -0.39 is 24.1 Å². The molecule has 0 aliphatic heterocycles. The first kappa shape index (κ1) is 24.5. The van der Waals surface area contributed by atoms with E-state index in [2.05, 4.69) is 20.6 Å². The van der Waals surface area contributed by atoms with Crippen LogP contribution in [0.4, 0.5) is 9.59 Å². The number of benzene rings is 2. The van der Waals surface area contributed by atoms with E-state index in [-0.39, 0.29) is 18.9 Å². The van der Waals surface area contributed by atoms with Gasteiger partial charge in [-0.25, -0.2) is 14.6 Å². The van der Waals surface area contributed by atoms with Gasteiger partial charge in [0, 0.05) is 31.9 Å². The van der Waals surface area contributed by atoms with E-state index in [0.29, 0.717) is 12.2 Å². The molecule has 3 aromatic rings. The van der Waals surface area contributed by atoms with E-state index in [9.17, 15) is 14.4 Å². The van der Waals surface area contributed by atoms with E-state index in [1.54, 1.807) is 6.20 Å². The predicted octanol–water partition coefficient (Wildman–Crippen LogP) is 3.22. The molecule has 3 N–H and O–H groups in total. The van der Waals surface area contributed by atoms with Crippen LogP contribution in [0, 0.1) is 0 Å². The number of nitrogens with one attached hydrogen (secondary N) is 3. The Kier molecular flexibility index (Phi) is 8.79. The number of carbonyl (C=O) groups is 3. The average Bonchev–Trinajstić information content (AvgIpc) is 3.39. The number of hydrogen-bond acceptors (Lipinski definition) is 5. The lowest BCUT2D eigenvalue weighted by molar-refractivity contribution is -0.129. The number of H-pyrrole nitrogens is 1. The number of urea groups is 1. The quantitative estimate of drug-likeness (QED) is 0.451. The molecule has 1 aromatic heterocycles. The predicted molar refractivity (Wildman–Crippen MR) is 127 cm³/mol. The summed E-state index contributed by atoms with van der Waals surface area (Å²) in [4.78, 5) is 46.0. The number of nitrogens with zero attached hydrogens (tertiary/aromatic N) is 2. The van der Waals surface area contributed by atoms with Crippen molar-refractivity contribution in [2.45, 2.75) is 31.9 Å². The van der Waals surface area contributed by atoms with Crippen LogP contribution in [0.25, 0.3) is 0 Å². The smallest absolute Gasteiger partial charge is 0.408 e. The highest BCUT2D eigenvalue weighted by atomic mass is 16.5. The summed E-state index contributed by atoms with van der Waals surface area (Å²) in [6, 6.07) is 17.4. The number of imidazole rings is 1. The second-order valence-corrected chi connectivity index (χ2v) is 7.93. The largest absolute Gasteiger partial charge is 0.445 e. The van der Waals surface area contributed by atoms with Gasteiger partial charge in [-0.05, 0) is 17.0 Å². The highest BCUT2D eigenvalue weighted by Crippen LogP contribution is 2.13. The third kappa shape index (κ3) is 7.19. The van der Waals surface area contributed by atoms with Gasteiger partial charge < -0.3 is 20.4 Å². The molecule has 0 radical (unpaired) electrons. The topological polar surface area (TPSA) is 116 Å². The van der Waals surface area contributed by atoms with Crippen LogP contribution in [0.3, 0.4) is 0 Å². The minimum atomic E-state index is -1.02. The van der Waals surface area contributed by atoms with E-state index >= 15 is 0 Å². The number of hydrogen-bond donors (Lipinski definition) is 3. The monoisotopic (exact) mass is 463 g/mol. The first-order valence-electron chi connectivity index (χ1n) is 11.0. The van der Waals surface area contributed by atoms with Crippen molar-refractivity contribution in [1.29, 1.82) is 0 Å². The van der Waals surface area contributed by atoms with Gasteiger partial charge in [0.05, 0.1) is 6.33 Å². The molecule has 34 heavy (non-hydrogen) atoms. The van der Waals surface area contributed by atoms with Crippen molar-refractivity contribution >= 4 is 18.0 Å². The molecule has 4 amide bonds. The fourth-order valence-electron chi connectivity index (χ4n) is 3.32. The van der Waals surface area contributed by atoms with E-state index in [0.717, 1.165) is 16.0 Å². The van der Waals surface area contributed by atoms with Crippen molar-refractivity contribution < 1.29 is 19.1 Å². The molecule has 9 nitrogen and oxygen atoms in total. The maximum atomic E-state index is 13.1. The number of aromatic nitrogens is 2. The molecule has 9 heteroatoms. The second kappa shape index (κ2) is 12.2. The Labute approximate surface area is 198 Å². The number of likely N-dealkylation sites (N-methyl/N-ethyl adjacent to an activating group) is 1. The third-order valence-electron chi connectivity index (χ3n) is 5.35. The molecule has 0 saturated heterocycles. The molecule has 0 aliphatic rings. The molecule has 0 spiro atoms. The molecule has 3 rings (SSSR count). The van der Waals surface area contributed by atoms with Gasteiger partial charge in [-0.3, -0.25) is 9.69 Å². The molecule has 2 atom stereocenters. The average molecular weight is 464 g/mol. The van der Waals surface area contributed by atoms with Crippen LogP contribution < -0.4 is 10.6 Å².